The van der Waals surface area contributed by atoms with E-state index in [1.807, 2.05) is 6.07 Å². The van der Waals surface area contributed by atoms with Crippen LogP contribution >= 0.6 is 0 Å². The summed E-state index contributed by atoms with van der Waals surface area (Å²) in [6.07, 6.45) is 2.73. The smallest absolute Gasteiger partial charge is 0.273 e. The summed E-state index contributed by atoms with van der Waals surface area (Å²) in [4.78, 5) is 14.7. The lowest BCUT2D eigenvalue weighted by molar-refractivity contribution is 0.0949. The number of aromatic nitrogens is 1. The first kappa shape index (κ1) is 8.27. The molecule has 5 nitrogen and oxygen atoms in total. The molecule has 0 unspecified atom stereocenters. The van der Waals surface area contributed by atoms with Gasteiger partial charge in [0.05, 0.1) is 12.5 Å². The zero-order valence-electron chi connectivity index (χ0n) is 6.28. The van der Waals surface area contributed by atoms with Crippen LogP contribution in [0.2, 0.25) is 0 Å². The SMILES string of the molecule is N#CCCNC(=O)c1cocn1. The summed E-state index contributed by atoms with van der Waals surface area (Å²) in [6, 6.07) is 1.91. The fraction of sp³-hybridized carbons (Fsp3) is 0.286. The Balaban J connectivity index is 2.36. The van der Waals surface area contributed by atoms with Crippen molar-refractivity contribution in [3.8, 4) is 6.07 Å². The number of nitrogens with zero attached hydrogens (tertiary/aromatic N) is 2. The van der Waals surface area contributed by atoms with E-state index < -0.39 is 0 Å². The highest BCUT2D eigenvalue weighted by Gasteiger charge is 2.06. The first-order valence-electron chi connectivity index (χ1n) is 3.38. The van der Waals surface area contributed by atoms with Gasteiger partial charge < -0.3 is 9.73 Å². The van der Waals surface area contributed by atoms with Crippen molar-refractivity contribution in [1.29, 1.82) is 5.26 Å². The fourth-order valence-corrected chi connectivity index (χ4v) is 0.647. The van der Waals surface area contributed by atoms with Gasteiger partial charge in [-0.05, 0) is 0 Å². The Hall–Kier alpha value is -1.83. The van der Waals surface area contributed by atoms with Gasteiger partial charge in [-0.2, -0.15) is 5.26 Å². The highest BCUT2D eigenvalue weighted by Crippen LogP contribution is 1.92. The van der Waals surface area contributed by atoms with Crippen LogP contribution < -0.4 is 5.32 Å². The summed E-state index contributed by atoms with van der Waals surface area (Å²) in [5.74, 6) is -0.320. The highest BCUT2D eigenvalue weighted by molar-refractivity contribution is 5.91. The van der Waals surface area contributed by atoms with Gasteiger partial charge in [0, 0.05) is 6.54 Å². The number of nitrogens with one attached hydrogen (secondary N) is 1. The van der Waals surface area contributed by atoms with E-state index in [-0.39, 0.29) is 11.6 Å². The number of amides is 1. The summed E-state index contributed by atoms with van der Waals surface area (Å²) < 4.78 is 4.60. The van der Waals surface area contributed by atoms with Crippen LogP contribution in [0.5, 0.6) is 0 Å². The maximum Gasteiger partial charge on any atom is 0.273 e. The van der Waals surface area contributed by atoms with Crippen molar-refractivity contribution in [2.75, 3.05) is 6.54 Å². The third-order valence-electron chi connectivity index (χ3n) is 1.19. The third kappa shape index (κ3) is 2.09. The predicted molar refractivity (Wildman–Crippen MR) is 39.1 cm³/mol. The number of nitriles is 1. The molecule has 62 valence electrons. The minimum atomic E-state index is -0.320. The lowest BCUT2D eigenvalue weighted by atomic mass is 10.4. The topological polar surface area (TPSA) is 78.9 Å². The Morgan fingerprint density at radius 3 is 3.25 bits per heavy atom. The van der Waals surface area contributed by atoms with Crippen molar-refractivity contribution < 1.29 is 9.21 Å². The van der Waals surface area contributed by atoms with E-state index >= 15 is 0 Å². The van der Waals surface area contributed by atoms with Crippen molar-refractivity contribution >= 4 is 5.91 Å². The molecule has 12 heavy (non-hydrogen) atoms. The second kappa shape index (κ2) is 4.13. The van der Waals surface area contributed by atoms with E-state index in [4.69, 9.17) is 5.26 Å². The molecule has 0 saturated carbocycles. The average Bonchev–Trinajstić information content (AvgIpc) is 2.56. The second-order valence-corrected chi connectivity index (χ2v) is 2.04. The molecule has 0 saturated heterocycles. The van der Waals surface area contributed by atoms with Crippen molar-refractivity contribution in [3.63, 3.8) is 0 Å². The van der Waals surface area contributed by atoms with Crippen LogP contribution in [0.15, 0.2) is 17.1 Å². The summed E-state index contributed by atoms with van der Waals surface area (Å²) in [6.45, 7) is 0.336. The van der Waals surface area contributed by atoms with Gasteiger partial charge in [0.2, 0.25) is 0 Å². The first-order valence-corrected chi connectivity index (χ1v) is 3.38. The fourth-order valence-electron chi connectivity index (χ4n) is 0.647. The molecule has 1 amide bonds. The molecule has 1 heterocycles. The molecular weight excluding hydrogens is 158 g/mol. The van der Waals surface area contributed by atoms with Gasteiger partial charge in [0.15, 0.2) is 12.1 Å². The van der Waals surface area contributed by atoms with Crippen LogP contribution in [0.3, 0.4) is 0 Å². The predicted octanol–water partition coefficient (Wildman–Crippen LogP) is 0.318. The largest absolute Gasteiger partial charge is 0.451 e. The molecule has 0 fully saturated rings. The van der Waals surface area contributed by atoms with E-state index in [2.05, 4.69) is 14.7 Å². The molecule has 1 aromatic rings. The molecule has 0 aromatic carbocycles. The molecule has 1 aromatic heterocycles. The number of hydrogen-bond donors (Lipinski definition) is 1. The molecule has 0 atom stereocenters. The second-order valence-electron chi connectivity index (χ2n) is 2.04. The summed E-state index contributed by atoms with van der Waals surface area (Å²) >= 11 is 0. The Bertz CT molecular complexity index is 286. The van der Waals surface area contributed by atoms with Crippen LogP contribution in [-0.2, 0) is 0 Å². The van der Waals surface area contributed by atoms with E-state index in [0.717, 1.165) is 0 Å². The highest BCUT2D eigenvalue weighted by atomic mass is 16.3. The maximum atomic E-state index is 11.0. The molecule has 1 N–H and O–H groups in total. The molecular formula is C7H7N3O2. The van der Waals surface area contributed by atoms with Crippen molar-refractivity contribution in [3.05, 3.63) is 18.4 Å². The normalized spacial score (nSPS) is 8.92. The van der Waals surface area contributed by atoms with Gasteiger partial charge in [0.1, 0.15) is 6.26 Å². The van der Waals surface area contributed by atoms with Gasteiger partial charge in [-0.15, -0.1) is 0 Å². The Morgan fingerprint density at radius 2 is 2.67 bits per heavy atom. The average molecular weight is 165 g/mol. The van der Waals surface area contributed by atoms with Crippen LogP contribution in [0.4, 0.5) is 0 Å². The van der Waals surface area contributed by atoms with Gasteiger partial charge in [-0.3, -0.25) is 4.79 Å². The van der Waals surface area contributed by atoms with Crippen LogP contribution in [0.25, 0.3) is 0 Å². The molecule has 0 bridgehead atoms. The number of carbonyl (C=O) groups is 1. The van der Waals surface area contributed by atoms with E-state index in [1.165, 1.54) is 12.7 Å². The van der Waals surface area contributed by atoms with Gasteiger partial charge in [-0.25, -0.2) is 4.98 Å². The standard InChI is InChI=1S/C7H7N3O2/c8-2-1-3-9-7(11)6-4-12-5-10-6/h4-5H,1,3H2,(H,9,11). The van der Waals surface area contributed by atoms with Gasteiger partial charge >= 0.3 is 0 Å². The minimum Gasteiger partial charge on any atom is -0.451 e. The van der Waals surface area contributed by atoms with E-state index in [9.17, 15) is 4.79 Å². The van der Waals surface area contributed by atoms with Gasteiger partial charge in [-0.1, -0.05) is 0 Å². The molecule has 0 radical (unpaired) electrons. The van der Waals surface area contributed by atoms with E-state index in [1.54, 1.807) is 0 Å². The Morgan fingerprint density at radius 1 is 1.83 bits per heavy atom. The van der Waals surface area contributed by atoms with Crippen molar-refractivity contribution in [2.45, 2.75) is 6.42 Å². The van der Waals surface area contributed by atoms with Crippen molar-refractivity contribution in [2.24, 2.45) is 0 Å². The van der Waals surface area contributed by atoms with Crippen LogP contribution in [-0.4, -0.2) is 17.4 Å². The monoisotopic (exact) mass is 165 g/mol. The zero-order chi connectivity index (χ0) is 8.81. The summed E-state index contributed by atoms with van der Waals surface area (Å²) in [5, 5.41) is 10.7. The number of oxazole rings is 1. The number of rotatable bonds is 3. The molecule has 0 spiro atoms. The van der Waals surface area contributed by atoms with Gasteiger partial charge in [0.25, 0.3) is 5.91 Å². The summed E-state index contributed by atoms with van der Waals surface area (Å²) in [7, 11) is 0. The third-order valence-corrected chi connectivity index (χ3v) is 1.19. The molecule has 0 aliphatic heterocycles. The number of hydrogen-bond acceptors (Lipinski definition) is 4. The lowest BCUT2D eigenvalue weighted by Crippen LogP contribution is -2.24. The van der Waals surface area contributed by atoms with E-state index in [0.29, 0.717) is 13.0 Å². The first-order chi connectivity index (χ1) is 5.84. The lowest BCUT2D eigenvalue weighted by Gasteiger charge is -1.96. The molecule has 0 aliphatic rings. The molecule has 5 heteroatoms. The molecule has 0 aliphatic carbocycles. The summed E-state index contributed by atoms with van der Waals surface area (Å²) in [5.41, 5.74) is 0.230. The van der Waals surface area contributed by atoms with Crippen LogP contribution in [0, 0.1) is 11.3 Å². The number of carbonyl (C=O) groups excluding carboxylic acids is 1. The minimum absolute atomic E-state index is 0.230. The van der Waals surface area contributed by atoms with Crippen molar-refractivity contribution in [1.82, 2.24) is 10.3 Å². The zero-order valence-corrected chi connectivity index (χ0v) is 6.28. The van der Waals surface area contributed by atoms with Crippen LogP contribution in [0.1, 0.15) is 16.9 Å². The Labute approximate surface area is 69.0 Å². The Kier molecular flexibility index (Phi) is 2.85. The molecule has 1 rings (SSSR count). The maximum absolute atomic E-state index is 11.0. The quantitative estimate of drug-likeness (QED) is 0.654.